The van der Waals surface area contributed by atoms with Crippen LogP contribution in [0.4, 0.5) is 15.8 Å². The summed E-state index contributed by atoms with van der Waals surface area (Å²) in [5.41, 5.74) is 2.77. The van der Waals surface area contributed by atoms with Gasteiger partial charge in [-0.3, -0.25) is 4.79 Å². The zero-order chi connectivity index (χ0) is 17.8. The second-order valence-electron chi connectivity index (χ2n) is 6.37. The predicted molar refractivity (Wildman–Crippen MR) is 102 cm³/mol. The number of carbonyl (C=O) groups is 1. The van der Waals surface area contributed by atoms with E-state index in [1.165, 1.54) is 22.2 Å². The van der Waals surface area contributed by atoms with Crippen LogP contribution in [0.1, 0.15) is 5.56 Å². The summed E-state index contributed by atoms with van der Waals surface area (Å²) in [4.78, 5) is 15.8. The van der Waals surface area contributed by atoms with Gasteiger partial charge in [0, 0.05) is 10.2 Å². The van der Waals surface area contributed by atoms with Gasteiger partial charge in [0.15, 0.2) is 6.54 Å². The number of halogens is 2. The molecule has 3 rings (SSSR count). The Morgan fingerprint density at radius 1 is 1.24 bits per heavy atom. The minimum atomic E-state index is -0.429. The van der Waals surface area contributed by atoms with Crippen molar-refractivity contribution in [2.24, 2.45) is 0 Å². The van der Waals surface area contributed by atoms with Crippen LogP contribution < -0.4 is 15.1 Å². The fourth-order valence-corrected chi connectivity index (χ4v) is 3.50. The maximum absolute atomic E-state index is 13.8. The molecule has 0 unspecified atom stereocenters. The summed E-state index contributed by atoms with van der Waals surface area (Å²) < 4.78 is 14.5. The zero-order valence-corrected chi connectivity index (χ0v) is 15.8. The lowest BCUT2D eigenvalue weighted by molar-refractivity contribution is -0.892. The second-order valence-corrected chi connectivity index (χ2v) is 7.29. The van der Waals surface area contributed by atoms with Gasteiger partial charge in [0.2, 0.25) is 0 Å². The van der Waals surface area contributed by atoms with Crippen molar-refractivity contribution < 1.29 is 14.1 Å². The molecule has 1 saturated heterocycles. The molecule has 4 nitrogen and oxygen atoms in total. The van der Waals surface area contributed by atoms with E-state index in [1.807, 2.05) is 6.07 Å². The number of carbonyl (C=O) groups excluding carboxylic acids is 1. The second kappa shape index (κ2) is 7.97. The van der Waals surface area contributed by atoms with Crippen LogP contribution in [-0.4, -0.2) is 38.6 Å². The van der Waals surface area contributed by atoms with Crippen molar-refractivity contribution in [1.29, 1.82) is 0 Å². The van der Waals surface area contributed by atoms with Gasteiger partial charge in [-0.2, -0.15) is 0 Å². The Bertz CT molecular complexity index is 760. The first-order valence-electron chi connectivity index (χ1n) is 8.42. The Kier molecular flexibility index (Phi) is 5.71. The SMILES string of the molecule is Cc1ccccc1N1CC[NH+](CC(=O)Nc2ccc(Br)cc2F)CC1. The number of para-hydroxylation sites is 1. The molecule has 1 aliphatic heterocycles. The van der Waals surface area contributed by atoms with Crippen LogP contribution in [0.5, 0.6) is 0 Å². The van der Waals surface area contributed by atoms with E-state index in [2.05, 4.69) is 51.3 Å². The lowest BCUT2D eigenvalue weighted by atomic mass is 10.1. The smallest absolute Gasteiger partial charge is 0.279 e. The van der Waals surface area contributed by atoms with Gasteiger partial charge in [-0.15, -0.1) is 0 Å². The first-order chi connectivity index (χ1) is 12.0. The van der Waals surface area contributed by atoms with Crippen molar-refractivity contribution in [3.63, 3.8) is 0 Å². The lowest BCUT2D eigenvalue weighted by Crippen LogP contribution is -3.15. The average Bonchev–Trinajstić information content (AvgIpc) is 2.59. The molecular formula is C19H22BrFN3O+. The minimum absolute atomic E-state index is 0.152. The van der Waals surface area contributed by atoms with Crippen molar-refractivity contribution in [2.45, 2.75) is 6.92 Å². The quantitative estimate of drug-likeness (QED) is 0.816. The van der Waals surface area contributed by atoms with E-state index in [-0.39, 0.29) is 11.6 Å². The molecular weight excluding hydrogens is 385 g/mol. The van der Waals surface area contributed by atoms with Crippen molar-refractivity contribution >= 4 is 33.2 Å². The molecule has 2 N–H and O–H groups in total. The molecule has 0 atom stereocenters. The van der Waals surface area contributed by atoms with Gasteiger partial charge in [0.05, 0.1) is 31.9 Å². The van der Waals surface area contributed by atoms with Gasteiger partial charge in [0.1, 0.15) is 5.82 Å². The first kappa shape index (κ1) is 17.9. The predicted octanol–water partition coefficient (Wildman–Crippen LogP) is 2.24. The third kappa shape index (κ3) is 4.58. The Morgan fingerprint density at radius 3 is 2.64 bits per heavy atom. The van der Waals surface area contributed by atoms with E-state index >= 15 is 0 Å². The van der Waals surface area contributed by atoms with E-state index in [0.29, 0.717) is 11.0 Å². The normalized spacial score (nSPS) is 15.2. The van der Waals surface area contributed by atoms with Crippen molar-refractivity contribution in [3.8, 4) is 0 Å². The molecule has 0 saturated carbocycles. The van der Waals surface area contributed by atoms with Crippen LogP contribution in [-0.2, 0) is 4.79 Å². The highest BCUT2D eigenvalue weighted by Crippen LogP contribution is 2.20. The van der Waals surface area contributed by atoms with E-state index in [0.717, 1.165) is 26.2 Å². The molecule has 132 valence electrons. The molecule has 1 amide bonds. The van der Waals surface area contributed by atoms with Gasteiger partial charge in [-0.1, -0.05) is 34.1 Å². The number of quaternary nitrogens is 1. The summed E-state index contributed by atoms with van der Waals surface area (Å²) >= 11 is 3.21. The maximum Gasteiger partial charge on any atom is 0.279 e. The van der Waals surface area contributed by atoms with Gasteiger partial charge in [-0.25, -0.2) is 4.39 Å². The third-order valence-electron chi connectivity index (χ3n) is 4.54. The van der Waals surface area contributed by atoms with Gasteiger partial charge < -0.3 is 15.1 Å². The minimum Gasteiger partial charge on any atom is -0.360 e. The number of hydrogen-bond acceptors (Lipinski definition) is 2. The summed E-state index contributed by atoms with van der Waals surface area (Å²) in [6, 6.07) is 13.0. The summed E-state index contributed by atoms with van der Waals surface area (Å²) in [6.07, 6.45) is 0. The van der Waals surface area contributed by atoms with Crippen LogP contribution in [0, 0.1) is 12.7 Å². The van der Waals surface area contributed by atoms with Crippen LogP contribution in [0.15, 0.2) is 46.9 Å². The molecule has 0 spiro atoms. The van der Waals surface area contributed by atoms with Crippen molar-refractivity contribution in [2.75, 3.05) is 42.9 Å². The topological polar surface area (TPSA) is 36.8 Å². The van der Waals surface area contributed by atoms with Gasteiger partial charge in [-0.05, 0) is 36.8 Å². The van der Waals surface area contributed by atoms with Gasteiger partial charge in [0.25, 0.3) is 5.91 Å². The lowest BCUT2D eigenvalue weighted by Gasteiger charge is -2.34. The molecule has 0 aliphatic carbocycles. The monoisotopic (exact) mass is 406 g/mol. The highest BCUT2D eigenvalue weighted by atomic mass is 79.9. The molecule has 6 heteroatoms. The van der Waals surface area contributed by atoms with E-state index < -0.39 is 5.82 Å². The average molecular weight is 407 g/mol. The summed E-state index contributed by atoms with van der Waals surface area (Å²) in [7, 11) is 0. The number of nitrogens with zero attached hydrogens (tertiary/aromatic N) is 1. The molecule has 25 heavy (non-hydrogen) atoms. The third-order valence-corrected chi connectivity index (χ3v) is 5.04. The van der Waals surface area contributed by atoms with Crippen molar-refractivity contribution in [3.05, 3.63) is 58.3 Å². The number of amides is 1. The van der Waals surface area contributed by atoms with Crippen LogP contribution >= 0.6 is 15.9 Å². The Labute approximate surface area is 155 Å². The van der Waals surface area contributed by atoms with E-state index in [9.17, 15) is 9.18 Å². The highest BCUT2D eigenvalue weighted by molar-refractivity contribution is 9.10. The molecule has 0 radical (unpaired) electrons. The summed E-state index contributed by atoms with van der Waals surface area (Å²) in [5, 5.41) is 2.67. The van der Waals surface area contributed by atoms with E-state index in [4.69, 9.17) is 0 Å². The number of rotatable bonds is 4. The fourth-order valence-electron chi connectivity index (χ4n) is 3.17. The summed E-state index contributed by atoms with van der Waals surface area (Å²) in [5.74, 6) is -0.581. The molecule has 0 bridgehead atoms. The molecule has 2 aromatic carbocycles. The van der Waals surface area contributed by atoms with E-state index in [1.54, 1.807) is 12.1 Å². The zero-order valence-electron chi connectivity index (χ0n) is 14.2. The number of hydrogen-bond donors (Lipinski definition) is 2. The molecule has 1 heterocycles. The Balaban J connectivity index is 1.52. The fraction of sp³-hybridized carbons (Fsp3) is 0.316. The van der Waals surface area contributed by atoms with Gasteiger partial charge >= 0.3 is 0 Å². The maximum atomic E-state index is 13.8. The Morgan fingerprint density at radius 2 is 1.96 bits per heavy atom. The summed E-state index contributed by atoms with van der Waals surface area (Å²) in [6.45, 7) is 6.10. The molecule has 1 fully saturated rings. The first-order valence-corrected chi connectivity index (χ1v) is 9.21. The van der Waals surface area contributed by atoms with Crippen LogP contribution in [0.25, 0.3) is 0 Å². The largest absolute Gasteiger partial charge is 0.360 e. The number of aryl methyl sites for hydroxylation is 1. The Hall–Kier alpha value is -1.92. The molecule has 1 aliphatic rings. The number of anilines is 2. The van der Waals surface area contributed by atoms with Crippen LogP contribution in [0.3, 0.4) is 0 Å². The van der Waals surface area contributed by atoms with Crippen molar-refractivity contribution in [1.82, 2.24) is 0 Å². The number of piperazine rings is 1. The number of nitrogens with one attached hydrogen (secondary N) is 2. The standard InChI is InChI=1S/C19H21BrFN3O/c1-14-4-2-3-5-18(14)24-10-8-23(9-11-24)13-19(25)22-17-7-6-15(20)12-16(17)21/h2-7,12H,8-11,13H2,1H3,(H,22,25)/p+1. The molecule has 2 aromatic rings. The van der Waals surface area contributed by atoms with Crippen LogP contribution in [0.2, 0.25) is 0 Å². The number of benzene rings is 2. The molecule has 0 aromatic heterocycles. The highest BCUT2D eigenvalue weighted by Gasteiger charge is 2.23.